The van der Waals surface area contributed by atoms with Gasteiger partial charge in [0.2, 0.25) is 11.8 Å². The second-order valence-corrected chi connectivity index (χ2v) is 8.80. The van der Waals surface area contributed by atoms with Crippen molar-refractivity contribution in [3.63, 3.8) is 0 Å². The molecule has 5 heteroatoms. The van der Waals surface area contributed by atoms with Crippen molar-refractivity contribution in [2.24, 2.45) is 11.8 Å². The third kappa shape index (κ3) is 2.72. The number of imide groups is 1. The first-order valence-electron chi connectivity index (χ1n) is 11.0. The largest absolute Gasteiger partial charge is 0.352 e. The lowest BCUT2D eigenvalue weighted by Gasteiger charge is -2.38. The molecule has 0 spiro atoms. The van der Waals surface area contributed by atoms with Crippen LogP contribution in [0.15, 0.2) is 60.7 Å². The molecule has 5 nitrogen and oxygen atoms in total. The van der Waals surface area contributed by atoms with Gasteiger partial charge in [-0.1, -0.05) is 61.5 Å². The van der Waals surface area contributed by atoms with Gasteiger partial charge in [-0.2, -0.15) is 0 Å². The number of benzene rings is 2. The van der Waals surface area contributed by atoms with Crippen LogP contribution in [0.25, 0.3) is 5.57 Å². The Morgan fingerprint density at radius 2 is 1.61 bits per heavy atom. The molecule has 3 heterocycles. The Morgan fingerprint density at radius 1 is 0.968 bits per heavy atom. The first-order chi connectivity index (χ1) is 15.0. The molecule has 0 bridgehead atoms. The zero-order valence-corrected chi connectivity index (χ0v) is 18.0. The monoisotopic (exact) mass is 414 g/mol. The van der Waals surface area contributed by atoms with E-state index in [1.807, 2.05) is 68.1 Å². The summed E-state index contributed by atoms with van der Waals surface area (Å²) < 4.78 is 0. The molecule has 0 aromatic heterocycles. The van der Waals surface area contributed by atoms with Crippen molar-refractivity contribution in [1.82, 2.24) is 4.90 Å². The summed E-state index contributed by atoms with van der Waals surface area (Å²) in [6.45, 7) is 5.91. The van der Waals surface area contributed by atoms with Gasteiger partial charge in [0, 0.05) is 22.9 Å². The predicted molar refractivity (Wildman–Crippen MR) is 120 cm³/mol. The topological polar surface area (TPSA) is 57.7 Å². The minimum Gasteiger partial charge on any atom is -0.352 e. The zero-order chi connectivity index (χ0) is 21.9. The fraction of sp³-hybridized carbons (Fsp3) is 0.346. The van der Waals surface area contributed by atoms with Crippen LogP contribution >= 0.6 is 0 Å². The number of para-hydroxylation sites is 1. The number of ketones is 1. The highest BCUT2D eigenvalue weighted by Crippen LogP contribution is 2.50. The minimum atomic E-state index is -0.701. The Morgan fingerprint density at radius 3 is 2.32 bits per heavy atom. The number of likely N-dealkylation sites (tertiary alicyclic amines) is 1. The number of nitrogens with zero attached hydrogens (tertiary/aromatic N) is 2. The van der Waals surface area contributed by atoms with Gasteiger partial charge in [-0.05, 0) is 31.9 Å². The van der Waals surface area contributed by atoms with E-state index in [1.54, 1.807) is 12.1 Å². The molecular weight excluding hydrogens is 388 g/mol. The number of carbonyl (C=O) groups is 3. The van der Waals surface area contributed by atoms with Crippen molar-refractivity contribution in [3.05, 3.63) is 71.8 Å². The second kappa shape index (κ2) is 7.19. The van der Waals surface area contributed by atoms with Crippen molar-refractivity contribution in [2.45, 2.75) is 45.3 Å². The smallest absolute Gasteiger partial charge is 0.236 e. The highest BCUT2D eigenvalue weighted by Gasteiger charge is 2.64. The highest BCUT2D eigenvalue weighted by atomic mass is 16.2. The SMILES string of the molecule is CC[C@H](C)N1C(=O)[C@@H]2[C@H](C1=O)[C@@H]1C=C(C)c3ccccc3N1[C@@H]2C(=O)c1ccccc1. The number of hydrogen-bond acceptors (Lipinski definition) is 4. The van der Waals surface area contributed by atoms with Crippen molar-refractivity contribution in [2.75, 3.05) is 4.90 Å². The van der Waals surface area contributed by atoms with Gasteiger partial charge in [0.25, 0.3) is 0 Å². The number of allylic oxidation sites excluding steroid dienone is 1. The van der Waals surface area contributed by atoms with Crippen molar-refractivity contribution >= 4 is 28.9 Å². The fourth-order valence-electron chi connectivity index (χ4n) is 5.51. The Hall–Kier alpha value is -3.21. The van der Waals surface area contributed by atoms with E-state index in [0.29, 0.717) is 12.0 Å². The standard InChI is InChI=1S/C26H26N2O3/c1-4-16(3)27-25(30)21-20-14-15(2)18-12-8-9-13-19(18)28(20)23(22(21)26(27)31)24(29)17-10-6-5-7-11-17/h5-14,16,20-23H,4H2,1-3H3/t16-,20-,21+,22+,23-/m0/s1. The van der Waals surface area contributed by atoms with Crippen LogP contribution < -0.4 is 4.90 Å². The van der Waals surface area contributed by atoms with E-state index in [0.717, 1.165) is 16.8 Å². The Bertz CT molecular complexity index is 1110. The number of amides is 2. The van der Waals surface area contributed by atoms with Gasteiger partial charge < -0.3 is 4.90 Å². The summed E-state index contributed by atoms with van der Waals surface area (Å²) in [5.41, 5.74) is 3.61. The first-order valence-corrected chi connectivity index (χ1v) is 11.0. The Labute approximate surface area is 182 Å². The number of carbonyl (C=O) groups excluding carboxylic acids is 3. The molecule has 3 aliphatic rings. The van der Waals surface area contributed by atoms with Gasteiger partial charge in [0.05, 0.1) is 17.9 Å². The lowest BCUT2D eigenvalue weighted by Crippen LogP contribution is -2.50. The molecule has 3 aliphatic heterocycles. The van der Waals surface area contributed by atoms with E-state index in [-0.39, 0.29) is 29.7 Å². The Kier molecular flexibility index (Phi) is 4.58. The van der Waals surface area contributed by atoms with E-state index in [1.165, 1.54) is 4.90 Å². The molecule has 158 valence electrons. The summed E-state index contributed by atoms with van der Waals surface area (Å²) in [4.78, 5) is 44.3. The molecule has 0 unspecified atom stereocenters. The number of hydrogen-bond donors (Lipinski definition) is 0. The average Bonchev–Trinajstić information content (AvgIpc) is 3.26. The van der Waals surface area contributed by atoms with Gasteiger partial charge in [-0.15, -0.1) is 0 Å². The van der Waals surface area contributed by atoms with E-state index < -0.39 is 17.9 Å². The molecular formula is C26H26N2O3. The minimum absolute atomic E-state index is 0.104. The van der Waals surface area contributed by atoms with Crippen molar-refractivity contribution in [3.8, 4) is 0 Å². The maximum Gasteiger partial charge on any atom is 0.236 e. The molecule has 2 aromatic carbocycles. The zero-order valence-electron chi connectivity index (χ0n) is 18.0. The predicted octanol–water partition coefficient (Wildman–Crippen LogP) is 3.94. The van der Waals surface area contributed by atoms with Crippen LogP contribution in [-0.4, -0.2) is 40.6 Å². The summed E-state index contributed by atoms with van der Waals surface area (Å²) >= 11 is 0. The molecule has 0 saturated carbocycles. The third-order valence-corrected chi connectivity index (χ3v) is 7.15. The molecule has 0 N–H and O–H groups in total. The van der Waals surface area contributed by atoms with E-state index in [2.05, 4.69) is 6.08 Å². The van der Waals surface area contributed by atoms with Gasteiger partial charge in [-0.25, -0.2) is 0 Å². The number of rotatable bonds is 4. The van der Waals surface area contributed by atoms with Gasteiger partial charge in [-0.3, -0.25) is 19.3 Å². The van der Waals surface area contributed by atoms with Crippen LogP contribution in [0, 0.1) is 11.8 Å². The van der Waals surface area contributed by atoms with Crippen LogP contribution in [0.1, 0.15) is 43.1 Å². The van der Waals surface area contributed by atoms with Crippen LogP contribution in [0.5, 0.6) is 0 Å². The molecule has 0 radical (unpaired) electrons. The van der Waals surface area contributed by atoms with Crippen molar-refractivity contribution in [1.29, 1.82) is 0 Å². The molecule has 2 amide bonds. The van der Waals surface area contributed by atoms with Gasteiger partial charge in [0.1, 0.15) is 6.04 Å². The molecule has 0 aliphatic carbocycles. The fourth-order valence-corrected chi connectivity index (χ4v) is 5.51. The normalized spacial score (nSPS) is 27.5. The number of Topliss-reactive ketones (excluding diaryl/α,β-unsaturated/α-hetero) is 1. The summed E-state index contributed by atoms with van der Waals surface area (Å²) in [6, 6.07) is 15.9. The summed E-state index contributed by atoms with van der Waals surface area (Å²) in [5.74, 6) is -1.67. The molecule has 2 saturated heterocycles. The summed E-state index contributed by atoms with van der Waals surface area (Å²) in [6.07, 6.45) is 2.77. The first kappa shape index (κ1) is 19.7. The third-order valence-electron chi connectivity index (χ3n) is 7.15. The Balaban J connectivity index is 1.69. The number of fused-ring (bicyclic) bond motifs is 5. The van der Waals surface area contributed by atoms with E-state index in [4.69, 9.17) is 0 Å². The molecule has 2 fully saturated rings. The van der Waals surface area contributed by atoms with Crippen LogP contribution in [0.4, 0.5) is 5.69 Å². The second-order valence-electron chi connectivity index (χ2n) is 8.80. The van der Waals surface area contributed by atoms with Gasteiger partial charge in [0.15, 0.2) is 5.78 Å². The quantitative estimate of drug-likeness (QED) is 0.562. The average molecular weight is 415 g/mol. The molecule has 31 heavy (non-hydrogen) atoms. The van der Waals surface area contributed by atoms with Crippen molar-refractivity contribution < 1.29 is 14.4 Å². The van der Waals surface area contributed by atoms with E-state index in [9.17, 15) is 14.4 Å². The lowest BCUT2D eigenvalue weighted by atomic mass is 9.85. The maximum atomic E-state index is 13.8. The van der Waals surface area contributed by atoms with E-state index >= 15 is 0 Å². The molecule has 2 aromatic rings. The van der Waals surface area contributed by atoms with Crippen LogP contribution in [-0.2, 0) is 9.59 Å². The summed E-state index contributed by atoms with van der Waals surface area (Å²) in [5, 5.41) is 0. The molecule has 5 atom stereocenters. The number of anilines is 1. The summed E-state index contributed by atoms with van der Waals surface area (Å²) in [7, 11) is 0. The van der Waals surface area contributed by atoms with Crippen LogP contribution in [0.2, 0.25) is 0 Å². The highest BCUT2D eigenvalue weighted by molar-refractivity contribution is 6.14. The lowest BCUT2D eigenvalue weighted by molar-refractivity contribution is -0.142. The van der Waals surface area contributed by atoms with Crippen LogP contribution in [0.3, 0.4) is 0 Å². The maximum absolute atomic E-state index is 13.8. The van der Waals surface area contributed by atoms with Gasteiger partial charge >= 0.3 is 0 Å². The molecule has 5 rings (SSSR count).